The summed E-state index contributed by atoms with van der Waals surface area (Å²) in [5.74, 6) is -0.00829. The number of methoxy groups -OCH3 is 1. The summed E-state index contributed by atoms with van der Waals surface area (Å²) >= 11 is 0. The largest absolute Gasteiger partial charge is 0.457 e. The molecule has 2 amide bonds. The summed E-state index contributed by atoms with van der Waals surface area (Å²) in [5.41, 5.74) is 0.536. The Morgan fingerprint density at radius 2 is 1.64 bits per heavy atom. The van der Waals surface area contributed by atoms with Crippen LogP contribution in [0.5, 0.6) is 11.5 Å². The summed E-state index contributed by atoms with van der Waals surface area (Å²) in [6.45, 7) is 0.443. The average molecular weight is 342 g/mol. The van der Waals surface area contributed by atoms with E-state index in [2.05, 4.69) is 0 Å². The van der Waals surface area contributed by atoms with Crippen molar-refractivity contribution in [2.75, 3.05) is 20.3 Å². The normalized spacial score (nSPS) is 13.1. The van der Waals surface area contributed by atoms with Crippen LogP contribution in [0.1, 0.15) is 20.7 Å². The van der Waals surface area contributed by atoms with Gasteiger partial charge in [-0.25, -0.2) is 0 Å². The maximum atomic E-state index is 12.4. The van der Waals surface area contributed by atoms with Crippen LogP contribution in [0, 0.1) is 10.1 Å². The lowest BCUT2D eigenvalue weighted by atomic mass is 10.1. The van der Waals surface area contributed by atoms with E-state index in [0.717, 1.165) is 4.90 Å². The molecule has 0 fully saturated rings. The summed E-state index contributed by atoms with van der Waals surface area (Å²) in [7, 11) is 1.49. The lowest BCUT2D eigenvalue weighted by Crippen LogP contribution is -2.32. The molecule has 0 bridgehead atoms. The molecule has 3 rings (SSSR count). The highest BCUT2D eigenvalue weighted by molar-refractivity contribution is 6.21. The van der Waals surface area contributed by atoms with Crippen molar-refractivity contribution < 1.29 is 24.0 Å². The minimum Gasteiger partial charge on any atom is -0.457 e. The van der Waals surface area contributed by atoms with Crippen LogP contribution >= 0.6 is 0 Å². The van der Waals surface area contributed by atoms with Crippen molar-refractivity contribution in [3.05, 3.63) is 63.7 Å². The molecular formula is C17H14N2O6. The topological polar surface area (TPSA) is 99.0 Å². The number of hydrogen-bond donors (Lipinski definition) is 0. The molecule has 128 valence electrons. The Kier molecular flexibility index (Phi) is 4.44. The summed E-state index contributed by atoms with van der Waals surface area (Å²) in [6, 6.07) is 10.2. The van der Waals surface area contributed by atoms with Gasteiger partial charge in [-0.15, -0.1) is 0 Å². The van der Waals surface area contributed by atoms with Gasteiger partial charge in [-0.3, -0.25) is 24.6 Å². The fraction of sp³-hybridized carbons (Fsp3) is 0.176. The zero-order valence-corrected chi connectivity index (χ0v) is 13.3. The van der Waals surface area contributed by atoms with E-state index in [0.29, 0.717) is 17.1 Å². The van der Waals surface area contributed by atoms with Crippen molar-refractivity contribution in [2.24, 2.45) is 0 Å². The van der Waals surface area contributed by atoms with Gasteiger partial charge in [0.1, 0.15) is 11.5 Å². The molecule has 0 atom stereocenters. The van der Waals surface area contributed by atoms with Gasteiger partial charge >= 0.3 is 0 Å². The average Bonchev–Trinajstić information content (AvgIpc) is 2.84. The number of nitrogens with zero attached hydrogens (tertiary/aromatic N) is 2. The van der Waals surface area contributed by atoms with Gasteiger partial charge in [-0.1, -0.05) is 0 Å². The van der Waals surface area contributed by atoms with Crippen molar-refractivity contribution in [3.63, 3.8) is 0 Å². The van der Waals surface area contributed by atoms with Crippen LogP contribution in [0.2, 0.25) is 0 Å². The van der Waals surface area contributed by atoms with Crippen molar-refractivity contribution in [1.29, 1.82) is 0 Å². The fourth-order valence-electron chi connectivity index (χ4n) is 2.49. The van der Waals surface area contributed by atoms with Gasteiger partial charge in [0.15, 0.2) is 0 Å². The number of amides is 2. The number of non-ortho nitro benzene ring substituents is 1. The van der Waals surface area contributed by atoms with Gasteiger partial charge in [0, 0.05) is 19.2 Å². The van der Waals surface area contributed by atoms with Crippen LogP contribution in [-0.4, -0.2) is 41.9 Å². The lowest BCUT2D eigenvalue weighted by molar-refractivity contribution is -0.384. The number of nitro groups is 1. The molecule has 0 unspecified atom stereocenters. The number of ether oxygens (including phenoxy) is 2. The van der Waals surface area contributed by atoms with Gasteiger partial charge in [0.2, 0.25) is 0 Å². The van der Waals surface area contributed by atoms with Crippen LogP contribution in [0.25, 0.3) is 0 Å². The van der Waals surface area contributed by atoms with Crippen LogP contribution in [0.15, 0.2) is 42.5 Å². The minimum absolute atomic E-state index is 0.0455. The highest BCUT2D eigenvalue weighted by Crippen LogP contribution is 2.30. The number of carbonyl (C=O) groups is 2. The first kappa shape index (κ1) is 16.6. The minimum atomic E-state index is -0.502. The lowest BCUT2D eigenvalue weighted by Gasteiger charge is -2.12. The molecule has 1 aliphatic rings. The second-order valence-electron chi connectivity index (χ2n) is 5.32. The van der Waals surface area contributed by atoms with Crippen LogP contribution in [0.4, 0.5) is 5.69 Å². The van der Waals surface area contributed by atoms with Crippen LogP contribution in [-0.2, 0) is 4.74 Å². The second-order valence-corrected chi connectivity index (χ2v) is 5.32. The maximum Gasteiger partial charge on any atom is 0.269 e. The Balaban J connectivity index is 1.81. The summed E-state index contributed by atoms with van der Waals surface area (Å²) in [6.07, 6.45) is 0. The molecule has 0 radical (unpaired) electrons. The van der Waals surface area contributed by atoms with E-state index in [9.17, 15) is 19.7 Å². The number of nitro benzene ring substituents is 1. The molecular weight excluding hydrogens is 328 g/mol. The van der Waals surface area contributed by atoms with E-state index >= 15 is 0 Å². The Hall–Kier alpha value is -3.26. The third-order valence-electron chi connectivity index (χ3n) is 3.74. The molecule has 8 nitrogen and oxygen atoms in total. The van der Waals surface area contributed by atoms with Gasteiger partial charge in [0.25, 0.3) is 17.5 Å². The summed E-state index contributed by atoms with van der Waals surface area (Å²) < 4.78 is 10.5. The molecule has 1 heterocycles. The van der Waals surface area contributed by atoms with E-state index in [1.807, 2.05) is 0 Å². The van der Waals surface area contributed by atoms with Crippen molar-refractivity contribution in [3.8, 4) is 11.5 Å². The van der Waals surface area contributed by atoms with E-state index in [1.165, 1.54) is 43.5 Å². The first-order valence-corrected chi connectivity index (χ1v) is 7.43. The number of imide groups is 1. The molecule has 2 aromatic rings. The molecule has 0 aliphatic carbocycles. The molecule has 0 spiro atoms. The highest BCUT2D eigenvalue weighted by Gasteiger charge is 2.35. The number of carbonyl (C=O) groups excluding carboxylic acids is 2. The maximum absolute atomic E-state index is 12.4. The number of fused-ring (bicyclic) bond motifs is 1. The molecule has 1 aliphatic heterocycles. The molecule has 8 heteroatoms. The molecule has 25 heavy (non-hydrogen) atoms. The number of benzene rings is 2. The van der Waals surface area contributed by atoms with E-state index in [4.69, 9.17) is 9.47 Å². The first-order chi connectivity index (χ1) is 12.0. The van der Waals surface area contributed by atoms with Gasteiger partial charge in [0.05, 0.1) is 29.2 Å². The fourth-order valence-corrected chi connectivity index (χ4v) is 2.49. The zero-order valence-electron chi connectivity index (χ0n) is 13.3. The molecule has 0 saturated heterocycles. The number of rotatable bonds is 6. The van der Waals surface area contributed by atoms with E-state index in [1.54, 1.807) is 6.07 Å². The molecule has 0 N–H and O–H groups in total. The Bertz CT molecular complexity index is 847. The van der Waals surface area contributed by atoms with E-state index < -0.39 is 10.8 Å². The standard InChI is InChI=1S/C17H14N2O6/c1-24-9-8-18-16(20)14-7-6-13(10-15(14)17(18)21)25-12-4-2-11(3-5-12)19(22)23/h2-7,10H,8-9H2,1H3. The zero-order chi connectivity index (χ0) is 18.0. The third-order valence-corrected chi connectivity index (χ3v) is 3.74. The predicted octanol–water partition coefficient (Wildman–Crippen LogP) is 2.63. The first-order valence-electron chi connectivity index (χ1n) is 7.43. The number of hydrogen-bond acceptors (Lipinski definition) is 6. The highest BCUT2D eigenvalue weighted by atomic mass is 16.6. The SMILES string of the molecule is COCCN1C(=O)c2ccc(Oc3ccc([N+](=O)[O-])cc3)cc2C1=O. The van der Waals surface area contributed by atoms with Crippen LogP contribution < -0.4 is 4.74 Å². The second kappa shape index (κ2) is 6.70. The Morgan fingerprint density at radius 3 is 2.28 bits per heavy atom. The van der Waals surface area contributed by atoms with Crippen LogP contribution in [0.3, 0.4) is 0 Å². The molecule has 0 aromatic heterocycles. The molecule has 2 aromatic carbocycles. The van der Waals surface area contributed by atoms with E-state index in [-0.39, 0.29) is 30.3 Å². The van der Waals surface area contributed by atoms with Crippen molar-refractivity contribution in [2.45, 2.75) is 0 Å². The Labute approximate surface area is 142 Å². The Morgan fingerprint density at radius 1 is 1.00 bits per heavy atom. The monoisotopic (exact) mass is 342 g/mol. The van der Waals surface area contributed by atoms with Crippen molar-refractivity contribution in [1.82, 2.24) is 4.90 Å². The van der Waals surface area contributed by atoms with Gasteiger partial charge < -0.3 is 9.47 Å². The quantitative estimate of drug-likeness (QED) is 0.454. The smallest absolute Gasteiger partial charge is 0.269 e. The van der Waals surface area contributed by atoms with Gasteiger partial charge in [-0.2, -0.15) is 0 Å². The predicted molar refractivity (Wildman–Crippen MR) is 86.9 cm³/mol. The summed E-state index contributed by atoms with van der Waals surface area (Å²) in [5, 5.41) is 10.7. The summed E-state index contributed by atoms with van der Waals surface area (Å²) in [4.78, 5) is 35.9. The van der Waals surface area contributed by atoms with Crippen molar-refractivity contribution >= 4 is 17.5 Å². The third kappa shape index (κ3) is 3.20. The van der Waals surface area contributed by atoms with Gasteiger partial charge in [-0.05, 0) is 30.3 Å². The molecule has 0 saturated carbocycles.